The monoisotopic (exact) mass is 283 g/mol. The molecule has 0 saturated carbocycles. The van der Waals surface area contributed by atoms with E-state index in [-0.39, 0.29) is 9.50 Å². The Morgan fingerprint density at radius 1 is 1.36 bits per heavy atom. The van der Waals surface area contributed by atoms with Crippen LogP contribution in [-0.4, -0.2) is 0 Å². The molecule has 0 aliphatic carbocycles. The summed E-state index contributed by atoms with van der Waals surface area (Å²) < 4.78 is 37.1. The highest BCUT2D eigenvalue weighted by atomic mass is 79.9. The fourth-order valence-corrected chi connectivity index (χ4v) is 1.38. The van der Waals surface area contributed by atoms with Gasteiger partial charge in [0.1, 0.15) is 0 Å². The van der Waals surface area contributed by atoms with Gasteiger partial charge in [-0.2, -0.15) is 18.4 Å². The van der Waals surface area contributed by atoms with Crippen LogP contribution in [0.5, 0.6) is 0 Å². The number of hydrogen-bond acceptors (Lipinski definition) is 1. The van der Waals surface area contributed by atoms with E-state index in [1.54, 1.807) is 0 Å². The maximum atomic E-state index is 12.3. The Bertz CT molecular complexity index is 408. The van der Waals surface area contributed by atoms with Crippen molar-refractivity contribution in [2.45, 2.75) is 6.18 Å². The Morgan fingerprint density at radius 2 is 1.93 bits per heavy atom. The minimum atomic E-state index is -4.54. The van der Waals surface area contributed by atoms with E-state index in [2.05, 4.69) is 15.9 Å². The van der Waals surface area contributed by atoms with Crippen molar-refractivity contribution in [3.63, 3.8) is 0 Å². The molecule has 0 fully saturated rings. The van der Waals surface area contributed by atoms with E-state index in [0.29, 0.717) is 0 Å². The van der Waals surface area contributed by atoms with Crippen LogP contribution in [0.2, 0.25) is 5.02 Å². The van der Waals surface area contributed by atoms with Crippen LogP contribution in [0.15, 0.2) is 16.6 Å². The maximum Gasteiger partial charge on any atom is 0.417 e. The van der Waals surface area contributed by atoms with E-state index in [0.717, 1.165) is 12.1 Å². The van der Waals surface area contributed by atoms with Crippen molar-refractivity contribution in [1.29, 1.82) is 5.26 Å². The summed E-state index contributed by atoms with van der Waals surface area (Å²) in [5.74, 6) is 0. The summed E-state index contributed by atoms with van der Waals surface area (Å²) in [5, 5.41) is 8.55. The number of benzene rings is 1. The third-order valence-corrected chi connectivity index (χ3v) is 2.68. The van der Waals surface area contributed by atoms with Gasteiger partial charge in [-0.3, -0.25) is 0 Å². The van der Waals surface area contributed by atoms with Crippen LogP contribution in [0.4, 0.5) is 13.2 Å². The normalized spacial score (nSPS) is 11.1. The molecule has 1 aromatic rings. The van der Waals surface area contributed by atoms with Gasteiger partial charge in [-0.1, -0.05) is 11.6 Å². The van der Waals surface area contributed by atoms with Crippen LogP contribution >= 0.6 is 27.5 Å². The second kappa shape index (κ2) is 3.79. The van der Waals surface area contributed by atoms with Crippen molar-refractivity contribution < 1.29 is 13.2 Å². The maximum absolute atomic E-state index is 12.3. The molecule has 0 saturated heterocycles. The lowest BCUT2D eigenvalue weighted by atomic mass is 10.1. The first kappa shape index (κ1) is 11.3. The fourth-order valence-electron chi connectivity index (χ4n) is 0.874. The van der Waals surface area contributed by atoms with Crippen molar-refractivity contribution in [2.75, 3.05) is 0 Å². The number of hydrogen-bond donors (Lipinski definition) is 0. The summed E-state index contributed by atoms with van der Waals surface area (Å²) in [6, 6.07) is 3.22. The van der Waals surface area contributed by atoms with E-state index in [1.807, 2.05) is 0 Å². The van der Waals surface area contributed by atoms with Gasteiger partial charge >= 0.3 is 6.18 Å². The smallest absolute Gasteiger partial charge is 0.192 e. The van der Waals surface area contributed by atoms with Crippen LogP contribution < -0.4 is 0 Å². The van der Waals surface area contributed by atoms with Gasteiger partial charge in [-0.05, 0) is 28.1 Å². The summed E-state index contributed by atoms with van der Waals surface area (Å²) in [6.45, 7) is 0. The largest absolute Gasteiger partial charge is 0.417 e. The van der Waals surface area contributed by atoms with Gasteiger partial charge in [0.25, 0.3) is 0 Å². The highest BCUT2D eigenvalue weighted by Crippen LogP contribution is 2.36. The fraction of sp³-hybridized carbons (Fsp3) is 0.125. The Morgan fingerprint density at radius 3 is 2.36 bits per heavy atom. The number of nitriles is 1. The zero-order chi connectivity index (χ0) is 10.9. The molecule has 0 atom stereocenters. The quantitative estimate of drug-likeness (QED) is 0.706. The predicted molar refractivity (Wildman–Crippen MR) is 48.9 cm³/mol. The third kappa shape index (κ3) is 2.20. The molecule has 0 radical (unpaired) electrons. The number of rotatable bonds is 0. The standard InChI is InChI=1S/C8H2BrClF3N/c9-6-2-5(8(11,12)13)4(3-14)1-7(6)10/h1-2H. The zero-order valence-electron chi connectivity index (χ0n) is 6.49. The molecule has 1 nitrogen and oxygen atoms in total. The van der Waals surface area contributed by atoms with E-state index >= 15 is 0 Å². The minimum absolute atomic E-state index is 0.0783. The molecule has 0 heterocycles. The molecular weight excluding hydrogens is 282 g/mol. The Labute approximate surface area is 91.2 Å². The van der Waals surface area contributed by atoms with Crippen molar-refractivity contribution in [3.8, 4) is 6.07 Å². The molecule has 0 amide bonds. The first-order chi connectivity index (χ1) is 6.36. The van der Waals surface area contributed by atoms with Gasteiger partial charge in [0.05, 0.1) is 22.2 Å². The lowest BCUT2D eigenvalue weighted by Gasteiger charge is -2.09. The summed E-state index contributed by atoms with van der Waals surface area (Å²) in [5.41, 5.74) is -1.47. The minimum Gasteiger partial charge on any atom is -0.192 e. The molecule has 1 aromatic carbocycles. The van der Waals surface area contributed by atoms with Crippen LogP contribution in [0, 0.1) is 11.3 Å². The van der Waals surface area contributed by atoms with Crippen LogP contribution in [0.1, 0.15) is 11.1 Å². The van der Waals surface area contributed by atoms with Gasteiger partial charge in [0.15, 0.2) is 0 Å². The van der Waals surface area contributed by atoms with Crippen LogP contribution in [-0.2, 0) is 6.18 Å². The average Bonchev–Trinajstić information content (AvgIpc) is 2.07. The van der Waals surface area contributed by atoms with Crippen molar-refractivity contribution >= 4 is 27.5 Å². The van der Waals surface area contributed by atoms with Gasteiger partial charge in [-0.25, -0.2) is 0 Å². The third-order valence-electron chi connectivity index (χ3n) is 1.49. The lowest BCUT2D eigenvalue weighted by molar-refractivity contribution is -0.137. The van der Waals surface area contributed by atoms with Crippen molar-refractivity contribution in [2.24, 2.45) is 0 Å². The van der Waals surface area contributed by atoms with Gasteiger partial charge in [0, 0.05) is 4.47 Å². The summed E-state index contributed by atoms with van der Waals surface area (Å²) in [6.07, 6.45) is -4.54. The van der Waals surface area contributed by atoms with Gasteiger partial charge < -0.3 is 0 Å². The highest BCUT2D eigenvalue weighted by molar-refractivity contribution is 9.10. The first-order valence-corrected chi connectivity index (χ1v) is 4.49. The van der Waals surface area contributed by atoms with E-state index < -0.39 is 17.3 Å². The molecule has 0 aliphatic rings. The summed E-state index contributed by atoms with van der Waals surface area (Å²) in [7, 11) is 0. The van der Waals surface area contributed by atoms with Crippen molar-refractivity contribution in [3.05, 3.63) is 32.8 Å². The van der Waals surface area contributed by atoms with E-state index in [1.165, 1.54) is 6.07 Å². The summed E-state index contributed by atoms with van der Waals surface area (Å²) in [4.78, 5) is 0. The molecule has 0 N–H and O–H groups in total. The predicted octanol–water partition coefficient (Wildman–Crippen LogP) is 3.99. The molecular formula is C8H2BrClF3N. The molecule has 0 unspecified atom stereocenters. The first-order valence-electron chi connectivity index (χ1n) is 3.32. The summed E-state index contributed by atoms with van der Waals surface area (Å²) >= 11 is 8.41. The SMILES string of the molecule is N#Cc1cc(Cl)c(Br)cc1C(F)(F)F. The average molecular weight is 284 g/mol. The molecule has 0 aromatic heterocycles. The zero-order valence-corrected chi connectivity index (χ0v) is 8.83. The van der Waals surface area contributed by atoms with E-state index in [9.17, 15) is 13.2 Å². The van der Waals surface area contributed by atoms with Gasteiger partial charge in [0.2, 0.25) is 0 Å². The van der Waals surface area contributed by atoms with Crippen LogP contribution in [0.3, 0.4) is 0 Å². The molecule has 0 aliphatic heterocycles. The number of nitrogens with zero attached hydrogens (tertiary/aromatic N) is 1. The van der Waals surface area contributed by atoms with Gasteiger partial charge in [-0.15, -0.1) is 0 Å². The highest BCUT2D eigenvalue weighted by Gasteiger charge is 2.34. The van der Waals surface area contributed by atoms with Crippen LogP contribution in [0.25, 0.3) is 0 Å². The molecule has 0 spiro atoms. The molecule has 14 heavy (non-hydrogen) atoms. The Hall–Kier alpha value is -0.730. The second-order valence-electron chi connectivity index (χ2n) is 2.42. The Kier molecular flexibility index (Phi) is 3.07. The molecule has 1 rings (SSSR count). The number of alkyl halides is 3. The lowest BCUT2D eigenvalue weighted by Crippen LogP contribution is -2.07. The number of halogens is 5. The Balaban J connectivity index is 3.45. The van der Waals surface area contributed by atoms with Crippen molar-refractivity contribution in [1.82, 2.24) is 0 Å². The van der Waals surface area contributed by atoms with E-state index in [4.69, 9.17) is 16.9 Å². The molecule has 0 bridgehead atoms. The second-order valence-corrected chi connectivity index (χ2v) is 3.68. The molecule has 6 heteroatoms. The molecule has 74 valence electrons. The topological polar surface area (TPSA) is 23.8 Å².